The van der Waals surface area contributed by atoms with E-state index < -0.39 is 0 Å². The van der Waals surface area contributed by atoms with Gasteiger partial charge in [0, 0.05) is 6.61 Å². The van der Waals surface area contributed by atoms with Crippen LogP contribution in [0.15, 0.2) is 12.7 Å². The Morgan fingerprint density at radius 1 is 0.952 bits per heavy atom. The first-order valence-electron chi connectivity index (χ1n) is 9.56. The van der Waals surface area contributed by atoms with Crippen molar-refractivity contribution in [1.29, 1.82) is 0 Å². The van der Waals surface area contributed by atoms with Gasteiger partial charge in [-0.05, 0) is 75.5 Å². The molecular weight excluding hydrogens is 256 g/mol. The van der Waals surface area contributed by atoms with Crippen molar-refractivity contribution in [2.24, 2.45) is 17.8 Å². The lowest BCUT2D eigenvalue weighted by atomic mass is 9.70. The van der Waals surface area contributed by atoms with Gasteiger partial charge in [0.15, 0.2) is 0 Å². The van der Waals surface area contributed by atoms with Crippen LogP contribution in [-0.4, -0.2) is 12.7 Å². The number of unbranched alkanes of at least 4 members (excludes halogenated alkanes) is 1. The van der Waals surface area contributed by atoms with Gasteiger partial charge in [-0.2, -0.15) is 0 Å². The SMILES string of the molecule is C=CCC[C@H]1CC[C@H]([C@H]2CC[C@H](OCCCC)CC2)CC1. The van der Waals surface area contributed by atoms with E-state index in [1.165, 1.54) is 77.0 Å². The highest BCUT2D eigenvalue weighted by molar-refractivity contribution is 4.83. The zero-order valence-corrected chi connectivity index (χ0v) is 14.2. The van der Waals surface area contributed by atoms with Gasteiger partial charge in [-0.15, -0.1) is 6.58 Å². The van der Waals surface area contributed by atoms with Gasteiger partial charge in [0.05, 0.1) is 6.10 Å². The fourth-order valence-electron chi connectivity index (χ4n) is 4.42. The van der Waals surface area contributed by atoms with Crippen LogP contribution in [0.1, 0.15) is 84.0 Å². The first kappa shape index (κ1) is 17.1. The molecule has 0 spiro atoms. The van der Waals surface area contributed by atoms with E-state index in [2.05, 4.69) is 19.6 Å². The maximum atomic E-state index is 6.01. The summed E-state index contributed by atoms with van der Waals surface area (Å²) in [7, 11) is 0. The quantitative estimate of drug-likeness (QED) is 0.386. The average Bonchev–Trinajstić information content (AvgIpc) is 2.54. The molecule has 0 radical (unpaired) electrons. The summed E-state index contributed by atoms with van der Waals surface area (Å²) in [6, 6.07) is 0. The Bertz CT molecular complexity index is 270. The van der Waals surface area contributed by atoms with Crippen LogP contribution in [-0.2, 0) is 4.74 Å². The number of allylic oxidation sites excluding steroid dienone is 1. The molecule has 122 valence electrons. The Kier molecular flexibility index (Phi) is 7.85. The molecule has 2 fully saturated rings. The van der Waals surface area contributed by atoms with Gasteiger partial charge in [-0.1, -0.05) is 32.3 Å². The van der Waals surface area contributed by atoms with Crippen LogP contribution < -0.4 is 0 Å². The minimum atomic E-state index is 0.580. The van der Waals surface area contributed by atoms with Gasteiger partial charge in [0.1, 0.15) is 0 Å². The maximum absolute atomic E-state index is 6.01. The predicted molar refractivity (Wildman–Crippen MR) is 91.5 cm³/mol. The van der Waals surface area contributed by atoms with E-state index in [0.29, 0.717) is 6.10 Å². The molecule has 0 amide bonds. The largest absolute Gasteiger partial charge is 0.378 e. The monoisotopic (exact) mass is 292 g/mol. The Labute approximate surface area is 132 Å². The van der Waals surface area contributed by atoms with Crippen LogP contribution in [0.25, 0.3) is 0 Å². The maximum Gasteiger partial charge on any atom is 0.0575 e. The van der Waals surface area contributed by atoms with Crippen molar-refractivity contribution in [1.82, 2.24) is 0 Å². The van der Waals surface area contributed by atoms with Crippen molar-refractivity contribution in [2.45, 2.75) is 90.1 Å². The lowest BCUT2D eigenvalue weighted by Crippen LogP contribution is -2.28. The van der Waals surface area contributed by atoms with E-state index in [4.69, 9.17) is 4.74 Å². The van der Waals surface area contributed by atoms with E-state index in [1.54, 1.807) is 0 Å². The van der Waals surface area contributed by atoms with Crippen molar-refractivity contribution < 1.29 is 4.74 Å². The molecule has 0 heterocycles. The summed E-state index contributed by atoms with van der Waals surface area (Å²) in [5.74, 6) is 3.03. The Morgan fingerprint density at radius 3 is 2.14 bits per heavy atom. The number of rotatable bonds is 8. The van der Waals surface area contributed by atoms with Gasteiger partial charge < -0.3 is 4.74 Å². The third-order valence-corrected chi connectivity index (χ3v) is 5.91. The zero-order chi connectivity index (χ0) is 14.9. The standard InChI is InChI=1S/C20H36O/c1-3-5-7-17-8-10-18(11-9-17)19-12-14-20(15-13-19)21-16-6-4-2/h3,17-20H,1,4-16H2,2H3/t17-,18-,19-,20-. The summed E-state index contributed by atoms with van der Waals surface area (Å²) < 4.78 is 6.01. The highest BCUT2D eigenvalue weighted by Gasteiger charge is 2.30. The van der Waals surface area contributed by atoms with Crippen LogP contribution in [0, 0.1) is 17.8 Å². The molecule has 0 aromatic heterocycles. The van der Waals surface area contributed by atoms with Crippen LogP contribution in [0.5, 0.6) is 0 Å². The summed E-state index contributed by atoms with van der Waals surface area (Å²) in [6.07, 6.45) is 19.2. The molecule has 21 heavy (non-hydrogen) atoms. The molecule has 0 aliphatic heterocycles. The van der Waals surface area contributed by atoms with Gasteiger partial charge in [-0.25, -0.2) is 0 Å². The topological polar surface area (TPSA) is 9.23 Å². The fraction of sp³-hybridized carbons (Fsp3) is 0.900. The Hall–Kier alpha value is -0.300. The lowest BCUT2D eigenvalue weighted by molar-refractivity contribution is 0.00581. The summed E-state index contributed by atoms with van der Waals surface area (Å²) in [4.78, 5) is 0. The Balaban J connectivity index is 1.61. The normalized spacial score (nSPS) is 33.8. The molecule has 1 nitrogen and oxygen atoms in total. The lowest BCUT2D eigenvalue weighted by Gasteiger charge is -2.37. The Morgan fingerprint density at radius 2 is 1.57 bits per heavy atom. The van der Waals surface area contributed by atoms with Crippen molar-refractivity contribution in [2.75, 3.05) is 6.61 Å². The van der Waals surface area contributed by atoms with Crippen molar-refractivity contribution >= 4 is 0 Å². The molecule has 0 saturated heterocycles. The van der Waals surface area contributed by atoms with Gasteiger partial charge in [0.2, 0.25) is 0 Å². The second-order valence-electron chi connectivity index (χ2n) is 7.41. The average molecular weight is 293 g/mol. The number of hydrogen-bond acceptors (Lipinski definition) is 1. The third-order valence-electron chi connectivity index (χ3n) is 5.91. The molecule has 2 aliphatic carbocycles. The molecule has 0 aromatic carbocycles. The molecule has 0 N–H and O–H groups in total. The fourth-order valence-corrected chi connectivity index (χ4v) is 4.42. The van der Waals surface area contributed by atoms with Gasteiger partial charge in [0.25, 0.3) is 0 Å². The van der Waals surface area contributed by atoms with E-state index >= 15 is 0 Å². The summed E-state index contributed by atoms with van der Waals surface area (Å²) in [5.41, 5.74) is 0. The molecule has 0 bridgehead atoms. The molecule has 0 aromatic rings. The molecule has 2 saturated carbocycles. The second kappa shape index (κ2) is 9.66. The van der Waals surface area contributed by atoms with E-state index in [0.717, 1.165) is 24.4 Å². The zero-order valence-electron chi connectivity index (χ0n) is 14.2. The van der Waals surface area contributed by atoms with Crippen LogP contribution in [0.3, 0.4) is 0 Å². The van der Waals surface area contributed by atoms with Gasteiger partial charge >= 0.3 is 0 Å². The minimum absolute atomic E-state index is 0.580. The van der Waals surface area contributed by atoms with E-state index in [9.17, 15) is 0 Å². The molecular formula is C20H36O. The predicted octanol–water partition coefficient (Wildman–Crippen LogP) is 6.13. The van der Waals surface area contributed by atoms with Crippen LogP contribution in [0.4, 0.5) is 0 Å². The molecule has 1 heteroatoms. The second-order valence-corrected chi connectivity index (χ2v) is 7.41. The molecule has 2 rings (SSSR count). The van der Waals surface area contributed by atoms with Crippen LogP contribution in [0.2, 0.25) is 0 Å². The summed E-state index contributed by atoms with van der Waals surface area (Å²) in [6.45, 7) is 7.08. The van der Waals surface area contributed by atoms with E-state index in [1.807, 2.05) is 0 Å². The van der Waals surface area contributed by atoms with Crippen LogP contribution >= 0.6 is 0 Å². The summed E-state index contributed by atoms with van der Waals surface area (Å²) in [5, 5.41) is 0. The smallest absolute Gasteiger partial charge is 0.0575 e. The van der Waals surface area contributed by atoms with Crippen molar-refractivity contribution in [3.8, 4) is 0 Å². The minimum Gasteiger partial charge on any atom is -0.378 e. The number of hydrogen-bond donors (Lipinski definition) is 0. The summed E-state index contributed by atoms with van der Waals surface area (Å²) >= 11 is 0. The first-order chi connectivity index (χ1) is 10.3. The number of ether oxygens (including phenoxy) is 1. The molecule has 0 unspecified atom stereocenters. The molecule has 0 atom stereocenters. The first-order valence-corrected chi connectivity index (χ1v) is 9.56. The van der Waals surface area contributed by atoms with E-state index in [-0.39, 0.29) is 0 Å². The highest BCUT2D eigenvalue weighted by Crippen LogP contribution is 2.41. The van der Waals surface area contributed by atoms with Crippen molar-refractivity contribution in [3.05, 3.63) is 12.7 Å². The van der Waals surface area contributed by atoms with Gasteiger partial charge in [-0.3, -0.25) is 0 Å². The highest BCUT2D eigenvalue weighted by atomic mass is 16.5. The van der Waals surface area contributed by atoms with Crippen molar-refractivity contribution in [3.63, 3.8) is 0 Å². The molecule has 2 aliphatic rings. The third kappa shape index (κ3) is 5.77.